The van der Waals surface area contributed by atoms with Gasteiger partial charge in [0.1, 0.15) is 11.6 Å². The van der Waals surface area contributed by atoms with Crippen molar-refractivity contribution >= 4 is 22.8 Å². The summed E-state index contributed by atoms with van der Waals surface area (Å²) in [4.78, 5) is 16.0. The molecule has 1 aromatic carbocycles. The van der Waals surface area contributed by atoms with Crippen molar-refractivity contribution in [3.63, 3.8) is 0 Å². The second-order valence-corrected chi connectivity index (χ2v) is 6.27. The van der Waals surface area contributed by atoms with Gasteiger partial charge >= 0.3 is 0 Å². The first kappa shape index (κ1) is 15.7. The Morgan fingerprint density at radius 1 is 1.00 bits per heavy atom. The number of benzene rings is 1. The fourth-order valence-electron chi connectivity index (χ4n) is 3.11. The smallest absolute Gasteiger partial charge is 0.229 e. The number of hydrogen-bond acceptors (Lipinski definition) is 5. The van der Waals surface area contributed by atoms with E-state index in [0.717, 1.165) is 35.8 Å². The molecule has 1 aliphatic heterocycles. The molecule has 0 amide bonds. The zero-order valence-corrected chi connectivity index (χ0v) is 14.0. The summed E-state index contributed by atoms with van der Waals surface area (Å²) < 4.78 is 13.1. The van der Waals surface area contributed by atoms with Crippen molar-refractivity contribution in [3.8, 4) is 0 Å². The Bertz CT molecular complexity index is 859. The summed E-state index contributed by atoms with van der Waals surface area (Å²) in [5, 5.41) is 4.26. The summed E-state index contributed by atoms with van der Waals surface area (Å²) in [5.74, 6) is 1.27. The highest BCUT2D eigenvalue weighted by Crippen LogP contribution is 2.24. The minimum absolute atomic E-state index is 0.229. The summed E-state index contributed by atoms with van der Waals surface area (Å²) >= 11 is 0. The SMILES string of the molecule is Fc1ccc(CNc2nc(N3CCCCC3)nc3ncccc23)cc1. The van der Waals surface area contributed by atoms with Gasteiger partial charge in [0.15, 0.2) is 5.65 Å². The van der Waals surface area contributed by atoms with Crippen LogP contribution in [0.15, 0.2) is 42.6 Å². The van der Waals surface area contributed by atoms with Crippen LogP contribution in [0.3, 0.4) is 0 Å². The number of piperidine rings is 1. The van der Waals surface area contributed by atoms with Crippen LogP contribution in [0.4, 0.5) is 16.2 Å². The Morgan fingerprint density at radius 3 is 2.60 bits per heavy atom. The number of nitrogens with one attached hydrogen (secondary N) is 1. The van der Waals surface area contributed by atoms with Crippen LogP contribution >= 0.6 is 0 Å². The van der Waals surface area contributed by atoms with Gasteiger partial charge in [0.2, 0.25) is 5.95 Å². The van der Waals surface area contributed by atoms with Gasteiger partial charge in [0, 0.05) is 25.8 Å². The Morgan fingerprint density at radius 2 is 1.80 bits per heavy atom. The number of halogens is 1. The third-order valence-corrected chi connectivity index (χ3v) is 4.47. The third kappa shape index (κ3) is 3.52. The summed E-state index contributed by atoms with van der Waals surface area (Å²) in [7, 11) is 0. The second-order valence-electron chi connectivity index (χ2n) is 6.27. The van der Waals surface area contributed by atoms with Crippen molar-refractivity contribution in [1.29, 1.82) is 0 Å². The fourth-order valence-corrected chi connectivity index (χ4v) is 3.11. The van der Waals surface area contributed by atoms with Crippen molar-refractivity contribution < 1.29 is 4.39 Å². The monoisotopic (exact) mass is 337 g/mol. The van der Waals surface area contributed by atoms with Crippen LogP contribution in [0.2, 0.25) is 0 Å². The van der Waals surface area contributed by atoms with Crippen LogP contribution in [0.1, 0.15) is 24.8 Å². The first-order chi connectivity index (χ1) is 12.3. The van der Waals surface area contributed by atoms with Crippen LogP contribution in [0.5, 0.6) is 0 Å². The van der Waals surface area contributed by atoms with Gasteiger partial charge in [-0.15, -0.1) is 0 Å². The number of pyridine rings is 1. The molecule has 0 bridgehead atoms. The zero-order chi connectivity index (χ0) is 17.1. The van der Waals surface area contributed by atoms with Gasteiger partial charge in [0.25, 0.3) is 0 Å². The molecule has 1 N–H and O–H groups in total. The molecular weight excluding hydrogens is 317 g/mol. The largest absolute Gasteiger partial charge is 0.365 e. The highest BCUT2D eigenvalue weighted by atomic mass is 19.1. The van der Waals surface area contributed by atoms with Crippen LogP contribution in [-0.4, -0.2) is 28.0 Å². The summed E-state index contributed by atoms with van der Waals surface area (Å²) in [5.41, 5.74) is 1.69. The average Bonchev–Trinajstić information content (AvgIpc) is 2.68. The molecule has 3 heterocycles. The molecule has 0 radical (unpaired) electrons. The van der Waals surface area contributed by atoms with Crippen molar-refractivity contribution in [1.82, 2.24) is 15.0 Å². The molecule has 0 atom stereocenters. The normalized spacial score (nSPS) is 14.7. The number of anilines is 2. The maximum Gasteiger partial charge on any atom is 0.229 e. The fraction of sp³-hybridized carbons (Fsp3) is 0.316. The predicted molar refractivity (Wildman–Crippen MR) is 97.1 cm³/mol. The van der Waals surface area contributed by atoms with E-state index >= 15 is 0 Å². The van der Waals surface area contributed by atoms with Gasteiger partial charge in [-0.1, -0.05) is 12.1 Å². The molecule has 25 heavy (non-hydrogen) atoms. The molecule has 4 rings (SSSR count). The van der Waals surface area contributed by atoms with E-state index in [1.54, 1.807) is 18.3 Å². The van der Waals surface area contributed by atoms with E-state index in [-0.39, 0.29) is 5.82 Å². The molecule has 2 aromatic heterocycles. The number of aromatic nitrogens is 3. The molecule has 1 aliphatic rings. The van der Waals surface area contributed by atoms with Crippen LogP contribution < -0.4 is 10.2 Å². The minimum Gasteiger partial charge on any atom is -0.365 e. The number of fused-ring (bicyclic) bond motifs is 1. The molecule has 6 heteroatoms. The molecule has 0 saturated carbocycles. The number of hydrogen-bond donors (Lipinski definition) is 1. The molecule has 1 fully saturated rings. The first-order valence-corrected chi connectivity index (χ1v) is 8.66. The molecular formula is C19H20FN5. The van der Waals surface area contributed by atoms with Gasteiger partial charge in [0.05, 0.1) is 5.39 Å². The number of nitrogens with zero attached hydrogens (tertiary/aromatic N) is 4. The Hall–Kier alpha value is -2.76. The molecule has 1 saturated heterocycles. The van der Waals surface area contributed by atoms with Crippen molar-refractivity contribution in [3.05, 3.63) is 54.0 Å². The predicted octanol–water partition coefficient (Wildman–Crippen LogP) is 3.77. The van der Waals surface area contributed by atoms with Crippen molar-refractivity contribution in [2.24, 2.45) is 0 Å². The summed E-state index contributed by atoms with van der Waals surface area (Å²) in [6.07, 6.45) is 5.35. The maximum atomic E-state index is 13.1. The lowest BCUT2D eigenvalue weighted by Gasteiger charge is -2.27. The molecule has 5 nitrogen and oxygen atoms in total. The third-order valence-electron chi connectivity index (χ3n) is 4.47. The van der Waals surface area contributed by atoms with E-state index < -0.39 is 0 Å². The highest BCUT2D eigenvalue weighted by Gasteiger charge is 2.16. The van der Waals surface area contributed by atoms with E-state index in [1.807, 2.05) is 12.1 Å². The zero-order valence-electron chi connectivity index (χ0n) is 14.0. The Kier molecular flexibility index (Phi) is 4.41. The van der Waals surface area contributed by atoms with Gasteiger partial charge in [-0.25, -0.2) is 9.37 Å². The minimum atomic E-state index is -0.229. The Balaban J connectivity index is 1.64. The van der Waals surface area contributed by atoms with Gasteiger partial charge < -0.3 is 10.2 Å². The van der Waals surface area contributed by atoms with E-state index in [9.17, 15) is 4.39 Å². The molecule has 0 aliphatic carbocycles. The van der Waals surface area contributed by atoms with Crippen LogP contribution in [-0.2, 0) is 6.54 Å². The standard InChI is InChI=1S/C19H20FN5/c20-15-8-6-14(7-9-15)13-22-18-16-5-4-10-21-17(16)23-19(24-18)25-11-2-1-3-12-25/h4-10H,1-3,11-13H2,(H,21,22,23,24). The van der Waals surface area contributed by atoms with E-state index in [2.05, 4.69) is 20.2 Å². The van der Waals surface area contributed by atoms with E-state index in [4.69, 9.17) is 4.98 Å². The van der Waals surface area contributed by atoms with Crippen molar-refractivity contribution in [2.75, 3.05) is 23.3 Å². The lowest BCUT2D eigenvalue weighted by atomic mass is 10.1. The quantitative estimate of drug-likeness (QED) is 0.785. The lowest BCUT2D eigenvalue weighted by Crippen LogP contribution is -2.31. The number of rotatable bonds is 4. The van der Waals surface area contributed by atoms with Gasteiger partial charge in [-0.2, -0.15) is 9.97 Å². The Labute approximate surface area is 145 Å². The topological polar surface area (TPSA) is 53.9 Å². The first-order valence-electron chi connectivity index (χ1n) is 8.66. The van der Waals surface area contributed by atoms with E-state index in [0.29, 0.717) is 12.2 Å². The summed E-state index contributed by atoms with van der Waals surface area (Å²) in [6, 6.07) is 10.3. The van der Waals surface area contributed by atoms with Gasteiger partial charge in [-0.3, -0.25) is 0 Å². The van der Waals surface area contributed by atoms with Crippen LogP contribution in [0.25, 0.3) is 11.0 Å². The molecule has 0 spiro atoms. The average molecular weight is 337 g/mol. The van der Waals surface area contributed by atoms with Crippen LogP contribution in [0, 0.1) is 5.82 Å². The lowest BCUT2D eigenvalue weighted by molar-refractivity contribution is 0.569. The van der Waals surface area contributed by atoms with E-state index in [1.165, 1.54) is 31.4 Å². The highest BCUT2D eigenvalue weighted by molar-refractivity contribution is 5.87. The second kappa shape index (κ2) is 7.01. The maximum absolute atomic E-state index is 13.1. The summed E-state index contributed by atoms with van der Waals surface area (Å²) in [6.45, 7) is 2.53. The molecule has 3 aromatic rings. The molecule has 128 valence electrons. The van der Waals surface area contributed by atoms with Gasteiger partial charge in [-0.05, 0) is 49.1 Å². The van der Waals surface area contributed by atoms with Crippen molar-refractivity contribution in [2.45, 2.75) is 25.8 Å². The molecule has 0 unspecified atom stereocenters.